The molecule has 0 saturated heterocycles. The molecule has 13 aromatic rings. The molecule has 2 nitrogen and oxygen atoms in total. The Balaban J connectivity index is 1.06. The minimum absolute atomic E-state index is 0.0238. The highest BCUT2D eigenvalue weighted by molar-refractivity contribution is 7.00. The van der Waals surface area contributed by atoms with Crippen LogP contribution in [0.4, 0.5) is 0 Å². The maximum absolute atomic E-state index is 2.73. The molecule has 2 aliphatic carbocycles. The van der Waals surface area contributed by atoms with Crippen LogP contribution in [0.2, 0.25) is 0 Å². The third kappa shape index (κ3) is 7.29. The van der Waals surface area contributed by atoms with Crippen molar-refractivity contribution in [1.82, 2.24) is 9.13 Å². The lowest BCUT2D eigenvalue weighted by Gasteiger charge is -2.42. The zero-order valence-electron chi connectivity index (χ0n) is 53.5. The summed E-state index contributed by atoms with van der Waals surface area (Å²) in [5.74, 6) is 0. The highest BCUT2D eigenvalue weighted by Gasteiger charge is 2.44. The van der Waals surface area contributed by atoms with E-state index in [9.17, 15) is 0 Å². The minimum Gasteiger partial charge on any atom is -0.310 e. The molecule has 428 valence electrons. The van der Waals surface area contributed by atoms with Gasteiger partial charge < -0.3 is 9.13 Å². The van der Waals surface area contributed by atoms with E-state index in [0.717, 1.165) is 12.8 Å². The van der Waals surface area contributed by atoms with Crippen molar-refractivity contribution < 1.29 is 0 Å². The number of nitrogens with zero attached hydrogens (tertiary/aromatic N) is 2. The zero-order valence-corrected chi connectivity index (χ0v) is 53.5. The number of benzene rings is 11. The summed E-state index contributed by atoms with van der Waals surface area (Å²) < 4.78 is 5.45. The summed E-state index contributed by atoms with van der Waals surface area (Å²) >= 11 is 0. The largest absolute Gasteiger partial charge is 0.310 e. The van der Waals surface area contributed by atoms with Gasteiger partial charge in [-0.25, -0.2) is 0 Å². The molecular weight excluding hydrogens is 1050 g/mol. The van der Waals surface area contributed by atoms with Crippen LogP contribution in [-0.2, 0) is 32.5 Å². The Kier molecular flexibility index (Phi) is 10.6. The monoisotopic (exact) mass is 1130 g/mol. The third-order valence-electron chi connectivity index (χ3n) is 22.5. The summed E-state index contributed by atoms with van der Waals surface area (Å²) in [4.78, 5) is 0. The van der Waals surface area contributed by atoms with Gasteiger partial charge in [-0.1, -0.05) is 236 Å². The second-order valence-corrected chi connectivity index (χ2v) is 31.7. The van der Waals surface area contributed by atoms with Gasteiger partial charge in [0.1, 0.15) is 0 Å². The Hall–Kier alpha value is -8.14. The van der Waals surface area contributed by atoms with Crippen LogP contribution in [0.3, 0.4) is 0 Å². The summed E-state index contributed by atoms with van der Waals surface area (Å²) in [7, 11) is 0. The van der Waals surface area contributed by atoms with Crippen LogP contribution < -0.4 is 16.4 Å². The molecule has 0 radical (unpaired) electrons. The molecule has 0 saturated carbocycles. The SMILES string of the molecule is CC(C)(C)c1ccc2c(c1)c1cc(C(C)(C)C)cc3c1n2-c1cc(-c2c(-c4ccc5c(c4)C(C)(C)CCC5(C)C)cccc2-c2ccc4c(c2)C(C)(C)CCC4(C)C)cc2c1B3c1cccc3c4c5c6ccccc6c6ccccc6c5ccc4n-2c13. The molecule has 0 fully saturated rings. The first-order valence-electron chi connectivity index (χ1n) is 32.4. The first-order valence-corrected chi connectivity index (χ1v) is 32.4. The van der Waals surface area contributed by atoms with Gasteiger partial charge in [-0.15, -0.1) is 0 Å². The maximum Gasteiger partial charge on any atom is 0.252 e. The molecule has 0 amide bonds. The average molecular weight is 1130 g/mol. The molecular formula is C84H79BN2. The first-order chi connectivity index (χ1) is 41.4. The predicted molar refractivity (Wildman–Crippen MR) is 377 cm³/mol. The van der Waals surface area contributed by atoms with Crippen LogP contribution in [0.5, 0.6) is 0 Å². The van der Waals surface area contributed by atoms with Crippen LogP contribution in [0.15, 0.2) is 176 Å². The van der Waals surface area contributed by atoms with E-state index in [-0.39, 0.29) is 39.2 Å². The molecule has 17 rings (SSSR count). The molecule has 0 spiro atoms. The molecule has 0 atom stereocenters. The molecule has 4 aliphatic rings. The molecule has 3 heteroatoms. The van der Waals surface area contributed by atoms with Gasteiger partial charge in [-0.3, -0.25) is 0 Å². The summed E-state index contributed by atoms with van der Waals surface area (Å²) in [6.07, 6.45) is 4.70. The van der Waals surface area contributed by atoms with E-state index in [2.05, 4.69) is 282 Å². The van der Waals surface area contributed by atoms with E-state index in [4.69, 9.17) is 0 Å². The number of aromatic nitrogens is 2. The molecule has 4 heterocycles. The van der Waals surface area contributed by atoms with Crippen LogP contribution in [0.25, 0.3) is 121 Å². The van der Waals surface area contributed by atoms with Crippen LogP contribution in [-0.4, -0.2) is 15.8 Å². The lowest BCUT2D eigenvalue weighted by molar-refractivity contribution is 0.332. The van der Waals surface area contributed by atoms with E-state index in [1.165, 1.54) is 183 Å². The van der Waals surface area contributed by atoms with Gasteiger partial charge in [0.05, 0.1) is 11.0 Å². The van der Waals surface area contributed by atoms with Gasteiger partial charge in [0.2, 0.25) is 0 Å². The van der Waals surface area contributed by atoms with Crippen LogP contribution in [0, 0.1) is 0 Å². The van der Waals surface area contributed by atoms with E-state index in [0.29, 0.717) is 0 Å². The Morgan fingerprint density at radius 2 is 0.816 bits per heavy atom. The Labute approximate surface area is 514 Å². The highest BCUT2D eigenvalue weighted by atomic mass is 15.0. The van der Waals surface area contributed by atoms with Crippen molar-refractivity contribution in [2.24, 2.45) is 0 Å². The summed E-state index contributed by atoms with van der Waals surface area (Å²) in [5, 5.41) is 13.2. The maximum atomic E-state index is 2.73. The fraction of sp³-hybridized carbons (Fsp3) is 0.286. The third-order valence-corrected chi connectivity index (χ3v) is 22.5. The fourth-order valence-corrected chi connectivity index (χ4v) is 17.4. The average Bonchev–Trinajstić information content (AvgIpc) is 1.56. The molecule has 2 aliphatic heterocycles. The summed E-state index contributed by atoms with van der Waals surface area (Å²) in [6, 6.07) is 70.8. The topological polar surface area (TPSA) is 9.86 Å². The van der Waals surface area contributed by atoms with Gasteiger partial charge in [-0.05, 0) is 205 Å². The molecule has 2 aromatic heterocycles. The normalized spacial score (nSPS) is 17.0. The molecule has 11 aromatic carbocycles. The van der Waals surface area contributed by atoms with Gasteiger partial charge in [0.15, 0.2) is 0 Å². The van der Waals surface area contributed by atoms with E-state index < -0.39 is 0 Å². The van der Waals surface area contributed by atoms with Gasteiger partial charge in [0, 0.05) is 49.3 Å². The molecule has 87 heavy (non-hydrogen) atoms. The van der Waals surface area contributed by atoms with Crippen molar-refractivity contribution in [2.45, 2.75) is 155 Å². The van der Waals surface area contributed by atoms with Crippen molar-refractivity contribution in [3.63, 3.8) is 0 Å². The quantitative estimate of drug-likeness (QED) is 0.123. The van der Waals surface area contributed by atoms with Crippen molar-refractivity contribution in [2.75, 3.05) is 0 Å². The first kappa shape index (κ1) is 53.1. The van der Waals surface area contributed by atoms with E-state index >= 15 is 0 Å². The van der Waals surface area contributed by atoms with Gasteiger partial charge in [0.25, 0.3) is 6.71 Å². The fourth-order valence-electron chi connectivity index (χ4n) is 17.4. The van der Waals surface area contributed by atoms with Gasteiger partial charge in [-0.2, -0.15) is 0 Å². The lowest BCUT2D eigenvalue weighted by Crippen LogP contribution is -2.59. The van der Waals surface area contributed by atoms with Crippen molar-refractivity contribution in [3.05, 3.63) is 209 Å². The Morgan fingerprint density at radius 3 is 1.39 bits per heavy atom. The predicted octanol–water partition coefficient (Wildman–Crippen LogP) is 20.8. The highest BCUT2D eigenvalue weighted by Crippen LogP contribution is 2.53. The summed E-state index contributed by atoms with van der Waals surface area (Å²) in [5.41, 5.74) is 28.4. The second kappa shape index (κ2) is 17.3. The van der Waals surface area contributed by atoms with Gasteiger partial charge >= 0.3 is 0 Å². The lowest BCUT2D eigenvalue weighted by atomic mass is 9.34. The zero-order chi connectivity index (χ0) is 60.0. The van der Waals surface area contributed by atoms with Crippen LogP contribution in [0.1, 0.15) is 156 Å². The molecule has 0 unspecified atom stereocenters. The van der Waals surface area contributed by atoms with Crippen molar-refractivity contribution in [3.8, 4) is 44.8 Å². The summed E-state index contributed by atoms with van der Waals surface area (Å²) in [6.45, 7) is 34.0. The Morgan fingerprint density at radius 1 is 0.345 bits per heavy atom. The minimum atomic E-state index is -0.0878. The van der Waals surface area contributed by atoms with Crippen molar-refractivity contribution >= 4 is 99.0 Å². The van der Waals surface area contributed by atoms with E-state index in [1.807, 2.05) is 0 Å². The standard InChI is InChI=1S/C84H79BN2/c1-79(2,3)51-31-35-69-61(45-51)62-46-52(80(4,5)6)47-68-78(62)86(69)71-43-50(44-72-76(71)85(68)67-28-20-27-60-75-70(87(72)77(60)67)36-32-59-57-23-16-15-21-55(57)56-22-17-18-24-58(56)74(59)75)73-53(48-29-33-63-65(41-48)83(11,12)39-37-81(63,7)8)25-19-26-54(73)49-30-34-64-66(42-49)84(13,14)40-38-82(64,9)10/h15-36,41-47H,37-40H2,1-14H3. The van der Waals surface area contributed by atoms with Crippen molar-refractivity contribution in [1.29, 1.82) is 0 Å². The molecule has 0 N–H and O–H groups in total. The smallest absolute Gasteiger partial charge is 0.252 e. The number of rotatable bonds is 3. The van der Waals surface area contributed by atoms with Crippen LogP contribution >= 0.6 is 0 Å². The van der Waals surface area contributed by atoms with E-state index in [1.54, 1.807) is 0 Å². The number of hydrogen-bond acceptors (Lipinski definition) is 0. The number of hydrogen-bond donors (Lipinski definition) is 0. The number of para-hydroxylation sites is 1. The molecule has 0 bridgehead atoms. The Bertz CT molecular complexity index is 5110. The second-order valence-electron chi connectivity index (χ2n) is 31.7. The number of fused-ring (bicyclic) bond motifs is 19.